The van der Waals surface area contributed by atoms with Gasteiger partial charge in [0.25, 0.3) is 0 Å². The maximum atomic E-state index is 13.8. The Morgan fingerprint density at radius 1 is 1.10 bits per heavy atom. The largest absolute Gasteiger partial charge is 0.366 e. The van der Waals surface area contributed by atoms with E-state index < -0.39 is 11.6 Å². The lowest BCUT2D eigenvalue weighted by Gasteiger charge is -2.08. The molecule has 1 aromatic carbocycles. The van der Waals surface area contributed by atoms with Crippen LogP contribution in [0.1, 0.15) is 30.2 Å². The van der Waals surface area contributed by atoms with E-state index in [9.17, 15) is 8.78 Å². The van der Waals surface area contributed by atoms with Crippen molar-refractivity contribution in [1.29, 1.82) is 0 Å². The molecule has 0 saturated carbocycles. The predicted octanol–water partition coefficient (Wildman–Crippen LogP) is 5.62. The van der Waals surface area contributed by atoms with Gasteiger partial charge in [-0.15, -0.1) is 11.3 Å². The smallest absolute Gasteiger partial charge is 0.131 e. The highest BCUT2D eigenvalue weighted by molar-refractivity contribution is 7.15. The highest BCUT2D eigenvalue weighted by atomic mass is 32.1. The van der Waals surface area contributed by atoms with Crippen LogP contribution in [-0.4, -0.2) is 19.7 Å². The molecule has 1 N–H and O–H groups in total. The number of hydrogen-bond acceptors (Lipinski definition) is 5. The van der Waals surface area contributed by atoms with E-state index >= 15 is 0 Å². The van der Waals surface area contributed by atoms with Crippen LogP contribution in [0, 0.1) is 11.6 Å². The molecule has 0 aliphatic carbocycles. The first-order valence-corrected chi connectivity index (χ1v) is 10.4. The van der Waals surface area contributed by atoms with Crippen LogP contribution < -0.4 is 5.32 Å². The minimum atomic E-state index is -0.589. The number of nitrogens with one attached hydrogen (secondary N) is 1. The summed E-state index contributed by atoms with van der Waals surface area (Å²) in [5, 5.41) is 8.23. The van der Waals surface area contributed by atoms with Gasteiger partial charge in [0.2, 0.25) is 0 Å². The molecule has 0 spiro atoms. The van der Waals surface area contributed by atoms with E-state index in [0.29, 0.717) is 17.3 Å². The average Bonchev–Trinajstić information content (AvgIpc) is 3.34. The summed E-state index contributed by atoms with van der Waals surface area (Å²) >= 11 is 1.66. The Morgan fingerprint density at radius 3 is 2.57 bits per heavy atom. The third-order valence-electron chi connectivity index (χ3n) is 4.64. The first-order valence-electron chi connectivity index (χ1n) is 9.54. The molecule has 0 unspecified atom stereocenters. The van der Waals surface area contributed by atoms with E-state index in [1.54, 1.807) is 22.2 Å². The van der Waals surface area contributed by atoms with Crippen LogP contribution in [-0.2, 0) is 13.6 Å². The quantitative estimate of drug-likeness (QED) is 0.436. The number of nitrogens with zero attached hydrogens (tertiary/aromatic N) is 4. The Labute approximate surface area is 177 Å². The third-order valence-corrected chi connectivity index (χ3v) is 6.05. The Balaban J connectivity index is 1.55. The zero-order valence-electron chi connectivity index (χ0n) is 16.9. The number of halogens is 2. The fraction of sp³-hybridized carbons (Fsp3) is 0.227. The third kappa shape index (κ3) is 4.23. The molecule has 5 nitrogen and oxygen atoms in total. The van der Waals surface area contributed by atoms with Gasteiger partial charge in [0.05, 0.1) is 11.9 Å². The van der Waals surface area contributed by atoms with E-state index in [1.807, 2.05) is 31.6 Å². The van der Waals surface area contributed by atoms with Crippen molar-refractivity contribution in [2.75, 3.05) is 5.32 Å². The van der Waals surface area contributed by atoms with Crippen LogP contribution in [0.2, 0.25) is 0 Å². The van der Waals surface area contributed by atoms with Crippen LogP contribution in [0.3, 0.4) is 0 Å². The van der Waals surface area contributed by atoms with Gasteiger partial charge in [-0.05, 0) is 24.1 Å². The highest BCUT2D eigenvalue weighted by Gasteiger charge is 2.18. The van der Waals surface area contributed by atoms with Crippen LogP contribution in [0.25, 0.3) is 21.8 Å². The zero-order valence-corrected chi connectivity index (χ0v) is 17.7. The average molecular weight is 426 g/mol. The maximum absolute atomic E-state index is 13.8. The molecule has 3 aromatic heterocycles. The molecular weight excluding hydrogens is 404 g/mol. The highest BCUT2D eigenvalue weighted by Crippen LogP contribution is 2.37. The van der Waals surface area contributed by atoms with Crippen molar-refractivity contribution in [3.8, 4) is 21.8 Å². The van der Waals surface area contributed by atoms with E-state index in [1.165, 1.54) is 17.0 Å². The van der Waals surface area contributed by atoms with E-state index in [0.717, 1.165) is 27.9 Å². The van der Waals surface area contributed by atoms with E-state index in [2.05, 4.69) is 29.2 Å². The predicted molar refractivity (Wildman–Crippen MR) is 115 cm³/mol. The summed E-state index contributed by atoms with van der Waals surface area (Å²) in [6.07, 6.45) is 5.52. The van der Waals surface area contributed by atoms with Crippen molar-refractivity contribution in [3.63, 3.8) is 0 Å². The second kappa shape index (κ2) is 8.31. The van der Waals surface area contributed by atoms with Gasteiger partial charge < -0.3 is 5.32 Å². The number of aromatic nitrogens is 4. The van der Waals surface area contributed by atoms with E-state index in [4.69, 9.17) is 4.98 Å². The van der Waals surface area contributed by atoms with Crippen molar-refractivity contribution in [2.24, 2.45) is 7.05 Å². The number of pyridine rings is 1. The number of benzene rings is 1. The molecule has 0 aliphatic heterocycles. The number of hydrogen-bond donors (Lipinski definition) is 1. The van der Waals surface area contributed by atoms with Crippen molar-refractivity contribution < 1.29 is 8.78 Å². The Morgan fingerprint density at radius 2 is 1.93 bits per heavy atom. The van der Waals surface area contributed by atoms with Crippen molar-refractivity contribution in [3.05, 3.63) is 71.0 Å². The normalized spacial score (nSPS) is 11.3. The van der Waals surface area contributed by atoms with Crippen molar-refractivity contribution in [2.45, 2.75) is 26.3 Å². The number of aryl methyl sites for hydroxylation is 1. The minimum absolute atomic E-state index is 0.220. The second-order valence-corrected chi connectivity index (χ2v) is 8.34. The standard InChI is InChI=1S/C22H21F2N5S/c1-13(2)21-20(28-22(30-21)16-11-27-29(3)12-16)15-5-7-19(26-10-15)25-9-14-4-6-17(23)8-18(14)24/h4-8,10-13H,9H2,1-3H3,(H,25,26). The summed E-state index contributed by atoms with van der Waals surface area (Å²) < 4.78 is 28.6. The van der Waals surface area contributed by atoms with Crippen molar-refractivity contribution >= 4 is 17.2 Å². The summed E-state index contributed by atoms with van der Waals surface area (Å²) in [4.78, 5) is 10.5. The zero-order chi connectivity index (χ0) is 21.3. The van der Waals surface area contributed by atoms with Gasteiger partial charge in [-0.3, -0.25) is 4.68 Å². The summed E-state index contributed by atoms with van der Waals surface area (Å²) in [5.41, 5.74) is 3.20. The Hall–Kier alpha value is -3.13. The number of thiazole rings is 1. The first kappa shape index (κ1) is 20.2. The lowest BCUT2D eigenvalue weighted by Crippen LogP contribution is -2.03. The molecule has 4 rings (SSSR count). The topological polar surface area (TPSA) is 55.6 Å². The van der Waals surface area contributed by atoms with Gasteiger partial charge in [0, 0.05) is 53.6 Å². The molecule has 0 radical (unpaired) electrons. The fourth-order valence-corrected chi connectivity index (χ4v) is 4.14. The Bertz CT molecular complexity index is 1160. The molecular formula is C22H21F2N5S. The van der Waals surface area contributed by atoms with Crippen LogP contribution in [0.5, 0.6) is 0 Å². The van der Waals surface area contributed by atoms with Gasteiger partial charge in [-0.1, -0.05) is 19.9 Å². The molecule has 3 heterocycles. The van der Waals surface area contributed by atoms with Gasteiger partial charge >= 0.3 is 0 Å². The van der Waals surface area contributed by atoms with Gasteiger partial charge in [-0.25, -0.2) is 18.7 Å². The van der Waals surface area contributed by atoms with Gasteiger partial charge in [0.1, 0.15) is 22.5 Å². The fourth-order valence-electron chi connectivity index (χ4n) is 3.07. The molecule has 4 aromatic rings. The lowest BCUT2D eigenvalue weighted by atomic mass is 10.1. The van der Waals surface area contributed by atoms with Crippen LogP contribution >= 0.6 is 11.3 Å². The molecule has 30 heavy (non-hydrogen) atoms. The second-order valence-electron chi connectivity index (χ2n) is 7.31. The molecule has 8 heteroatoms. The van der Waals surface area contributed by atoms with Crippen LogP contribution in [0.4, 0.5) is 14.6 Å². The van der Waals surface area contributed by atoms with Crippen LogP contribution in [0.15, 0.2) is 48.9 Å². The monoisotopic (exact) mass is 425 g/mol. The van der Waals surface area contributed by atoms with Gasteiger partial charge in [-0.2, -0.15) is 5.10 Å². The summed E-state index contributed by atoms with van der Waals surface area (Å²) in [5.74, 6) is -0.238. The van der Waals surface area contributed by atoms with Crippen molar-refractivity contribution in [1.82, 2.24) is 19.7 Å². The number of anilines is 1. The molecule has 0 saturated heterocycles. The number of rotatable bonds is 6. The molecule has 0 amide bonds. The summed E-state index contributed by atoms with van der Waals surface area (Å²) in [7, 11) is 1.88. The SMILES string of the molecule is CC(C)c1sc(-c2cnn(C)c2)nc1-c1ccc(NCc2ccc(F)cc2F)nc1. The molecule has 0 aliphatic rings. The first-order chi connectivity index (χ1) is 14.4. The molecule has 0 atom stereocenters. The molecule has 0 bridgehead atoms. The summed E-state index contributed by atoms with van der Waals surface area (Å²) in [6, 6.07) is 7.33. The maximum Gasteiger partial charge on any atom is 0.131 e. The Kier molecular flexibility index (Phi) is 5.59. The van der Waals surface area contributed by atoms with E-state index in [-0.39, 0.29) is 6.54 Å². The van der Waals surface area contributed by atoms with Gasteiger partial charge in [0.15, 0.2) is 0 Å². The minimum Gasteiger partial charge on any atom is -0.366 e. The molecule has 0 fully saturated rings. The lowest BCUT2D eigenvalue weighted by molar-refractivity contribution is 0.574. The molecule has 154 valence electrons. The summed E-state index contributed by atoms with van der Waals surface area (Å²) in [6.45, 7) is 4.51.